The van der Waals surface area contributed by atoms with Gasteiger partial charge in [-0.1, -0.05) is 32.9 Å². The average Bonchev–Trinajstić information content (AvgIpc) is 3.21. The molecule has 1 aliphatic heterocycles. The van der Waals surface area contributed by atoms with Gasteiger partial charge in [-0.25, -0.2) is 4.98 Å². The highest BCUT2D eigenvalue weighted by atomic mass is 16.1. The fraction of sp³-hybridized carbons (Fsp3) is 0.483. The van der Waals surface area contributed by atoms with Crippen LogP contribution >= 0.6 is 0 Å². The Morgan fingerprint density at radius 1 is 1.26 bits per heavy atom. The summed E-state index contributed by atoms with van der Waals surface area (Å²) in [6.07, 6.45) is 15.7. The van der Waals surface area contributed by atoms with E-state index in [0.717, 1.165) is 35.6 Å². The minimum absolute atomic E-state index is 0.0116. The number of imidazole rings is 1. The van der Waals surface area contributed by atoms with Crippen LogP contribution in [0.5, 0.6) is 0 Å². The lowest BCUT2D eigenvalue weighted by molar-refractivity contribution is -0.112. The van der Waals surface area contributed by atoms with Crippen LogP contribution < -0.4 is 0 Å². The number of ketones is 1. The number of carbonyl (C=O) groups excluding carboxylic acids is 1. The number of hydrogen-bond acceptors (Lipinski definition) is 4. The van der Waals surface area contributed by atoms with Gasteiger partial charge in [0.05, 0.1) is 11.4 Å². The number of pyridine rings is 1. The molecule has 0 saturated carbocycles. The van der Waals surface area contributed by atoms with Crippen molar-refractivity contribution in [2.45, 2.75) is 60.8 Å². The van der Waals surface area contributed by atoms with Gasteiger partial charge in [-0.05, 0) is 95.3 Å². The van der Waals surface area contributed by atoms with Crippen molar-refractivity contribution in [3.8, 4) is 0 Å². The van der Waals surface area contributed by atoms with Gasteiger partial charge in [-0.2, -0.15) is 0 Å². The first kappa shape index (κ1) is 25.8. The second-order valence-electron chi connectivity index (χ2n) is 9.38. The molecule has 1 unspecified atom stereocenters. The molecule has 182 valence electrons. The van der Waals surface area contributed by atoms with E-state index in [4.69, 9.17) is 4.99 Å². The Hall–Kier alpha value is -2.79. The van der Waals surface area contributed by atoms with Crippen molar-refractivity contribution in [2.75, 3.05) is 19.6 Å². The number of hydrogen-bond donors (Lipinski definition) is 0. The van der Waals surface area contributed by atoms with Crippen molar-refractivity contribution >= 4 is 22.8 Å². The molecule has 3 rings (SSSR count). The zero-order chi connectivity index (χ0) is 24.7. The van der Waals surface area contributed by atoms with E-state index in [1.165, 1.54) is 31.5 Å². The highest BCUT2D eigenvalue weighted by molar-refractivity contribution is 6.03. The largest absolute Gasteiger partial charge is 0.307 e. The van der Waals surface area contributed by atoms with Crippen LogP contribution in [0.25, 0.3) is 11.3 Å². The molecule has 1 aliphatic rings. The molecular formula is C29H40N4O. The summed E-state index contributed by atoms with van der Waals surface area (Å²) >= 11 is 0. The summed E-state index contributed by atoms with van der Waals surface area (Å²) in [6, 6.07) is 4.01. The molecule has 3 heterocycles. The van der Waals surface area contributed by atoms with Crippen LogP contribution in [0.2, 0.25) is 0 Å². The molecule has 2 aromatic heterocycles. The monoisotopic (exact) mass is 460 g/mol. The quantitative estimate of drug-likeness (QED) is 0.251. The maximum absolute atomic E-state index is 12.1. The number of rotatable bonds is 9. The predicted molar refractivity (Wildman–Crippen MR) is 143 cm³/mol. The first-order valence-corrected chi connectivity index (χ1v) is 12.7. The van der Waals surface area contributed by atoms with Crippen LogP contribution in [0.1, 0.15) is 65.1 Å². The fourth-order valence-corrected chi connectivity index (χ4v) is 4.53. The Morgan fingerprint density at radius 3 is 2.62 bits per heavy atom. The Kier molecular flexibility index (Phi) is 9.17. The van der Waals surface area contributed by atoms with Crippen LogP contribution in [0.4, 0.5) is 0 Å². The van der Waals surface area contributed by atoms with Crippen LogP contribution in [0, 0.1) is 18.8 Å². The molecule has 1 saturated heterocycles. The molecule has 0 bridgehead atoms. The molecule has 0 spiro atoms. The van der Waals surface area contributed by atoms with E-state index in [9.17, 15) is 4.79 Å². The van der Waals surface area contributed by atoms with Gasteiger partial charge >= 0.3 is 0 Å². The third kappa shape index (κ3) is 6.63. The van der Waals surface area contributed by atoms with Gasteiger partial charge in [0.25, 0.3) is 0 Å². The van der Waals surface area contributed by atoms with Gasteiger partial charge in [0.1, 0.15) is 5.65 Å². The van der Waals surface area contributed by atoms with E-state index in [1.807, 2.05) is 35.9 Å². The van der Waals surface area contributed by atoms with Crippen molar-refractivity contribution in [3.63, 3.8) is 0 Å². The third-order valence-corrected chi connectivity index (χ3v) is 6.87. The fourth-order valence-electron chi connectivity index (χ4n) is 4.53. The molecule has 0 radical (unpaired) electrons. The number of fused-ring (bicyclic) bond motifs is 1. The molecule has 1 atom stereocenters. The molecule has 0 amide bonds. The zero-order valence-electron chi connectivity index (χ0n) is 21.7. The van der Waals surface area contributed by atoms with E-state index < -0.39 is 0 Å². The number of aromatic nitrogens is 2. The molecule has 0 aliphatic carbocycles. The molecule has 5 heteroatoms. The van der Waals surface area contributed by atoms with Gasteiger partial charge in [-0.3, -0.25) is 9.79 Å². The number of piperidine rings is 1. The highest BCUT2D eigenvalue weighted by Crippen LogP contribution is 2.26. The van der Waals surface area contributed by atoms with E-state index in [1.54, 1.807) is 13.0 Å². The second-order valence-corrected chi connectivity index (χ2v) is 9.38. The first-order chi connectivity index (χ1) is 16.3. The van der Waals surface area contributed by atoms with Crippen molar-refractivity contribution in [1.29, 1.82) is 0 Å². The van der Waals surface area contributed by atoms with E-state index in [-0.39, 0.29) is 11.7 Å². The molecule has 34 heavy (non-hydrogen) atoms. The van der Waals surface area contributed by atoms with Crippen LogP contribution in [0.15, 0.2) is 59.4 Å². The van der Waals surface area contributed by atoms with Gasteiger partial charge in [0.2, 0.25) is 0 Å². The minimum Gasteiger partial charge on any atom is -0.307 e. The van der Waals surface area contributed by atoms with Crippen molar-refractivity contribution in [2.24, 2.45) is 16.8 Å². The molecular weight excluding hydrogens is 420 g/mol. The average molecular weight is 461 g/mol. The second kappa shape index (κ2) is 12.1. The Balaban J connectivity index is 1.93. The van der Waals surface area contributed by atoms with E-state index in [0.29, 0.717) is 11.6 Å². The molecule has 1 fully saturated rings. The van der Waals surface area contributed by atoms with Gasteiger partial charge in [0.15, 0.2) is 5.78 Å². The number of allylic oxidation sites excluding steroid dienone is 5. The summed E-state index contributed by atoms with van der Waals surface area (Å²) in [5.74, 6) is 0.868. The normalized spacial score (nSPS) is 18.2. The van der Waals surface area contributed by atoms with E-state index in [2.05, 4.69) is 55.8 Å². The Morgan fingerprint density at radius 2 is 2.00 bits per heavy atom. The maximum atomic E-state index is 12.1. The Labute approximate surface area is 205 Å². The van der Waals surface area contributed by atoms with Crippen LogP contribution in [-0.4, -0.2) is 45.4 Å². The van der Waals surface area contributed by atoms with Gasteiger partial charge in [-0.15, -0.1) is 0 Å². The van der Waals surface area contributed by atoms with Gasteiger partial charge < -0.3 is 9.30 Å². The van der Waals surface area contributed by atoms with Crippen molar-refractivity contribution in [1.82, 2.24) is 14.3 Å². The maximum Gasteiger partial charge on any atom is 0.154 e. The summed E-state index contributed by atoms with van der Waals surface area (Å²) < 4.78 is 1.99. The SMILES string of the molecule is C\C=C(/C=C\C(=N/C(=C\C(C)=O)c1ccn2cc(C)nc2c1)C(C)CC)C1CCN(CC)CC1. The molecule has 5 nitrogen and oxygen atoms in total. The minimum atomic E-state index is -0.0116. The lowest BCUT2D eigenvalue weighted by Crippen LogP contribution is -2.33. The lowest BCUT2D eigenvalue weighted by Gasteiger charge is -2.31. The number of aliphatic imine (C=N–C) groups is 1. The smallest absolute Gasteiger partial charge is 0.154 e. The van der Waals surface area contributed by atoms with Crippen LogP contribution in [0.3, 0.4) is 0 Å². The van der Waals surface area contributed by atoms with Crippen molar-refractivity contribution < 1.29 is 4.79 Å². The summed E-state index contributed by atoms with van der Waals surface area (Å²) in [5.41, 5.74) is 5.80. The summed E-state index contributed by atoms with van der Waals surface area (Å²) in [5, 5.41) is 0. The summed E-state index contributed by atoms with van der Waals surface area (Å²) in [7, 11) is 0. The molecule has 2 aromatic rings. The topological polar surface area (TPSA) is 50.0 Å². The lowest BCUT2D eigenvalue weighted by atomic mass is 9.88. The number of aryl methyl sites for hydroxylation is 1. The van der Waals surface area contributed by atoms with Gasteiger partial charge in [0, 0.05) is 29.7 Å². The molecule has 0 N–H and O–H groups in total. The third-order valence-electron chi connectivity index (χ3n) is 6.87. The summed E-state index contributed by atoms with van der Waals surface area (Å²) in [6.45, 7) is 15.8. The predicted octanol–water partition coefficient (Wildman–Crippen LogP) is 6.29. The Bertz CT molecular complexity index is 1110. The first-order valence-electron chi connectivity index (χ1n) is 12.7. The highest BCUT2D eigenvalue weighted by Gasteiger charge is 2.20. The standard InChI is InChI=1S/C29H40N4O/c1-7-21(4)27(11-10-24(8-2)25-12-15-32(9-3)16-13-25)31-28(18-23(6)34)26-14-17-33-20-22(5)30-29(33)19-26/h8,10-11,14,17-21,25H,7,9,12-13,15-16H2,1-6H3/b11-10-,24-8+,28-18-,31-27+. The van der Waals surface area contributed by atoms with Crippen molar-refractivity contribution in [3.05, 3.63) is 65.7 Å². The van der Waals surface area contributed by atoms with Crippen LogP contribution in [-0.2, 0) is 4.79 Å². The number of likely N-dealkylation sites (tertiary alicyclic amines) is 1. The zero-order valence-corrected chi connectivity index (χ0v) is 21.7. The number of carbonyl (C=O) groups is 1. The molecule has 0 aromatic carbocycles. The van der Waals surface area contributed by atoms with E-state index >= 15 is 0 Å². The summed E-state index contributed by atoms with van der Waals surface area (Å²) in [4.78, 5) is 24.2. The number of nitrogens with zero attached hydrogens (tertiary/aromatic N) is 4.